The molecule has 0 radical (unpaired) electrons. The second-order valence-electron chi connectivity index (χ2n) is 7.18. The highest BCUT2D eigenvalue weighted by Crippen LogP contribution is 2.52. The van der Waals surface area contributed by atoms with Crippen molar-refractivity contribution in [3.63, 3.8) is 0 Å². The van der Waals surface area contributed by atoms with Gasteiger partial charge < -0.3 is 4.90 Å². The van der Waals surface area contributed by atoms with Crippen LogP contribution < -0.4 is 0 Å². The zero-order valence-electron chi connectivity index (χ0n) is 18.4. The fraction of sp³-hybridized carbons (Fsp3) is 0.955. The maximum atomic E-state index is 12.1. The number of carbonyl (C=O) groups excluding carboxylic acids is 1. The summed E-state index contributed by atoms with van der Waals surface area (Å²) in [6.45, 7) is 20.9. The quantitative estimate of drug-likeness (QED) is 0.543. The number of amides is 1. The molecule has 146 valence electrons. The van der Waals surface area contributed by atoms with Crippen molar-refractivity contribution in [2.24, 2.45) is 17.3 Å². The molecule has 0 bridgehead atoms. The maximum absolute atomic E-state index is 12.1. The highest BCUT2D eigenvalue weighted by molar-refractivity contribution is 5.76. The molecular weight excluding hydrogens is 294 g/mol. The Hall–Kier alpha value is -0.530. The number of nitrogens with zero attached hydrogens (tertiary/aromatic N) is 1. The van der Waals surface area contributed by atoms with Gasteiger partial charge in [0.15, 0.2) is 0 Å². The molecule has 1 saturated carbocycles. The summed E-state index contributed by atoms with van der Waals surface area (Å²) in [5.41, 5.74) is 0.633. The van der Waals surface area contributed by atoms with Crippen LogP contribution in [0.3, 0.4) is 0 Å². The molecule has 2 fully saturated rings. The van der Waals surface area contributed by atoms with Crippen LogP contribution in [0.15, 0.2) is 0 Å². The smallest absolute Gasteiger partial charge is 0.222 e. The van der Waals surface area contributed by atoms with Crippen LogP contribution in [0, 0.1) is 17.3 Å². The van der Waals surface area contributed by atoms with Crippen LogP contribution in [0.4, 0.5) is 0 Å². The molecule has 0 atom stereocenters. The van der Waals surface area contributed by atoms with E-state index < -0.39 is 0 Å². The molecule has 2 aliphatic rings. The summed E-state index contributed by atoms with van der Waals surface area (Å²) < 4.78 is 0. The van der Waals surface area contributed by atoms with E-state index in [4.69, 9.17) is 0 Å². The predicted octanol–water partition coefficient (Wildman–Crippen LogP) is 6.93. The van der Waals surface area contributed by atoms with Crippen molar-refractivity contribution < 1.29 is 4.79 Å². The van der Waals surface area contributed by atoms with Crippen molar-refractivity contribution >= 4 is 5.91 Å². The van der Waals surface area contributed by atoms with E-state index in [1.165, 1.54) is 32.1 Å². The fourth-order valence-corrected chi connectivity index (χ4v) is 3.88. The molecule has 0 N–H and O–H groups in total. The van der Waals surface area contributed by atoms with Gasteiger partial charge in [0.2, 0.25) is 5.91 Å². The number of carbonyl (C=O) groups is 1. The lowest BCUT2D eigenvalue weighted by Gasteiger charge is -2.51. The minimum Gasteiger partial charge on any atom is -0.343 e. The molecule has 0 aromatic carbocycles. The van der Waals surface area contributed by atoms with Crippen LogP contribution in [0.2, 0.25) is 0 Å². The first kappa shape index (κ1) is 25.7. The van der Waals surface area contributed by atoms with E-state index >= 15 is 0 Å². The highest BCUT2D eigenvalue weighted by Gasteiger charge is 2.44. The Morgan fingerprint density at radius 1 is 1.00 bits per heavy atom. The molecular formula is C22H47NO. The van der Waals surface area contributed by atoms with E-state index in [1.807, 2.05) is 41.5 Å². The van der Waals surface area contributed by atoms with Crippen LogP contribution in [0.25, 0.3) is 0 Å². The largest absolute Gasteiger partial charge is 0.343 e. The SMILES string of the molecule is CC.CC.CC.CC(C)CCCC(=O)N1CCC2(CC1)CC(C)C2. The molecule has 0 unspecified atom stereocenters. The Morgan fingerprint density at radius 3 is 1.83 bits per heavy atom. The highest BCUT2D eigenvalue weighted by atomic mass is 16.2. The Balaban J connectivity index is 0. The van der Waals surface area contributed by atoms with E-state index in [1.54, 1.807) is 0 Å². The summed E-state index contributed by atoms with van der Waals surface area (Å²) in [6.07, 6.45) is 8.34. The molecule has 1 amide bonds. The van der Waals surface area contributed by atoms with Crippen molar-refractivity contribution in [2.75, 3.05) is 13.1 Å². The number of rotatable bonds is 4. The average Bonchev–Trinajstić information content (AvgIpc) is 2.59. The Bertz CT molecular complexity index is 282. The fourth-order valence-electron chi connectivity index (χ4n) is 3.88. The minimum atomic E-state index is 0.401. The first-order valence-electron chi connectivity index (χ1n) is 10.8. The van der Waals surface area contributed by atoms with Crippen molar-refractivity contribution in [3.05, 3.63) is 0 Å². The van der Waals surface area contributed by atoms with Gasteiger partial charge in [-0.1, -0.05) is 68.7 Å². The van der Waals surface area contributed by atoms with Gasteiger partial charge >= 0.3 is 0 Å². The lowest BCUT2D eigenvalue weighted by atomic mass is 9.58. The molecule has 1 spiro atoms. The van der Waals surface area contributed by atoms with Gasteiger partial charge in [0.05, 0.1) is 0 Å². The minimum absolute atomic E-state index is 0.401. The molecule has 24 heavy (non-hydrogen) atoms. The maximum Gasteiger partial charge on any atom is 0.222 e. The molecule has 0 aromatic rings. The van der Waals surface area contributed by atoms with Gasteiger partial charge in [0, 0.05) is 19.5 Å². The lowest BCUT2D eigenvalue weighted by molar-refractivity contribution is -0.135. The van der Waals surface area contributed by atoms with Crippen molar-refractivity contribution in [3.8, 4) is 0 Å². The second-order valence-corrected chi connectivity index (χ2v) is 7.18. The van der Waals surface area contributed by atoms with Crippen LogP contribution in [-0.4, -0.2) is 23.9 Å². The summed E-state index contributed by atoms with van der Waals surface area (Å²) in [4.78, 5) is 14.2. The Labute approximate surface area is 153 Å². The molecule has 1 aliphatic heterocycles. The topological polar surface area (TPSA) is 20.3 Å². The molecule has 1 aliphatic carbocycles. The molecule has 2 nitrogen and oxygen atoms in total. The summed E-state index contributed by atoms with van der Waals surface area (Å²) in [5.74, 6) is 2.05. The van der Waals surface area contributed by atoms with Crippen LogP contribution in [-0.2, 0) is 4.79 Å². The van der Waals surface area contributed by atoms with Crippen molar-refractivity contribution in [1.29, 1.82) is 0 Å². The van der Waals surface area contributed by atoms with Gasteiger partial charge in [-0.2, -0.15) is 0 Å². The zero-order chi connectivity index (χ0) is 19.2. The van der Waals surface area contributed by atoms with Crippen molar-refractivity contribution in [1.82, 2.24) is 4.90 Å². The lowest BCUT2D eigenvalue weighted by Crippen LogP contribution is -2.48. The van der Waals surface area contributed by atoms with Crippen LogP contribution >= 0.6 is 0 Å². The number of hydrogen-bond acceptors (Lipinski definition) is 1. The van der Waals surface area contributed by atoms with Gasteiger partial charge in [0.1, 0.15) is 0 Å². The Morgan fingerprint density at radius 2 is 1.46 bits per heavy atom. The summed E-state index contributed by atoms with van der Waals surface area (Å²) in [6, 6.07) is 0. The monoisotopic (exact) mass is 341 g/mol. The van der Waals surface area contributed by atoms with Crippen molar-refractivity contribution in [2.45, 2.75) is 107 Å². The van der Waals surface area contributed by atoms with E-state index in [0.717, 1.165) is 37.8 Å². The van der Waals surface area contributed by atoms with Gasteiger partial charge in [-0.3, -0.25) is 4.79 Å². The third kappa shape index (κ3) is 9.08. The average molecular weight is 342 g/mol. The third-order valence-corrected chi connectivity index (χ3v) is 4.91. The molecule has 0 aromatic heterocycles. The van der Waals surface area contributed by atoms with E-state index in [2.05, 4.69) is 25.7 Å². The van der Waals surface area contributed by atoms with Crippen LogP contribution in [0.1, 0.15) is 107 Å². The van der Waals surface area contributed by atoms with Gasteiger partial charge in [-0.05, 0) is 49.4 Å². The number of piperidine rings is 1. The molecule has 2 heteroatoms. The molecule has 1 saturated heterocycles. The summed E-state index contributed by atoms with van der Waals surface area (Å²) in [5, 5.41) is 0. The second kappa shape index (κ2) is 14.8. The van der Waals surface area contributed by atoms with E-state index in [9.17, 15) is 4.79 Å². The number of likely N-dealkylation sites (tertiary alicyclic amines) is 1. The predicted molar refractivity (Wildman–Crippen MR) is 109 cm³/mol. The number of hydrogen-bond donors (Lipinski definition) is 0. The van der Waals surface area contributed by atoms with Gasteiger partial charge in [-0.15, -0.1) is 0 Å². The normalized spacial score (nSPS) is 18.3. The Kier molecular flexibility index (Phi) is 15.8. The van der Waals surface area contributed by atoms with E-state index in [0.29, 0.717) is 11.3 Å². The third-order valence-electron chi connectivity index (χ3n) is 4.91. The van der Waals surface area contributed by atoms with Crippen LogP contribution in [0.5, 0.6) is 0 Å². The van der Waals surface area contributed by atoms with E-state index in [-0.39, 0.29) is 0 Å². The molecule has 1 heterocycles. The van der Waals surface area contributed by atoms with Gasteiger partial charge in [-0.25, -0.2) is 0 Å². The zero-order valence-corrected chi connectivity index (χ0v) is 18.4. The molecule has 2 rings (SSSR count). The van der Waals surface area contributed by atoms with Gasteiger partial charge in [0.25, 0.3) is 0 Å². The standard InChI is InChI=1S/C16H29NO.3C2H6/c1-13(2)5-4-6-15(18)17-9-7-16(8-10-17)11-14(3)12-16;3*1-2/h13-14H,4-12H2,1-3H3;3*1-2H3. The first-order valence-corrected chi connectivity index (χ1v) is 10.8. The summed E-state index contributed by atoms with van der Waals surface area (Å²) >= 11 is 0. The summed E-state index contributed by atoms with van der Waals surface area (Å²) in [7, 11) is 0. The first-order chi connectivity index (χ1) is 11.5.